The number of aromatic carboxylic acids is 1. The molecule has 0 atom stereocenters. The lowest BCUT2D eigenvalue weighted by atomic mass is 10.1. The van der Waals surface area contributed by atoms with Gasteiger partial charge in [-0.1, -0.05) is 24.3 Å². The van der Waals surface area contributed by atoms with E-state index in [0.717, 1.165) is 5.56 Å². The van der Waals surface area contributed by atoms with Gasteiger partial charge in [0.15, 0.2) is 11.5 Å². The molecule has 0 radical (unpaired) electrons. The minimum Gasteiger partial charge on any atom is -0.495 e. The van der Waals surface area contributed by atoms with Gasteiger partial charge < -0.3 is 24.6 Å². The summed E-state index contributed by atoms with van der Waals surface area (Å²) in [6.07, 6.45) is 1.62. The number of nitrogens with one attached hydrogen (secondary N) is 1. The molecule has 7 heteroatoms. The van der Waals surface area contributed by atoms with Crippen molar-refractivity contribution in [2.24, 2.45) is 0 Å². The van der Waals surface area contributed by atoms with E-state index in [1.807, 2.05) is 0 Å². The van der Waals surface area contributed by atoms with Crippen molar-refractivity contribution in [1.82, 2.24) is 0 Å². The van der Waals surface area contributed by atoms with Gasteiger partial charge in [0.1, 0.15) is 12.4 Å². The maximum atomic E-state index is 11.2. The number of methoxy groups -OCH3 is 2. The lowest BCUT2D eigenvalue weighted by Gasteiger charge is -2.15. The van der Waals surface area contributed by atoms with Crippen molar-refractivity contribution in [3.8, 4) is 17.2 Å². The van der Waals surface area contributed by atoms with E-state index in [1.165, 1.54) is 26.4 Å². The molecule has 2 aromatic carbocycles. The molecule has 0 amide bonds. The number of halogens is 1. The van der Waals surface area contributed by atoms with E-state index in [1.54, 1.807) is 24.3 Å². The topological polar surface area (TPSA) is 77.0 Å². The summed E-state index contributed by atoms with van der Waals surface area (Å²) in [4.78, 5) is 11.2. The summed E-state index contributed by atoms with van der Waals surface area (Å²) in [5.74, 6) is 0.480. The molecule has 0 aromatic heterocycles. The van der Waals surface area contributed by atoms with Crippen molar-refractivity contribution in [2.45, 2.75) is 6.54 Å². The zero-order valence-corrected chi connectivity index (χ0v) is 15.3. The van der Waals surface area contributed by atoms with Gasteiger partial charge in [-0.2, -0.15) is 0 Å². The number of carbonyl (C=O) groups is 1. The largest absolute Gasteiger partial charge is 0.495 e. The van der Waals surface area contributed by atoms with E-state index in [2.05, 4.69) is 11.9 Å². The highest BCUT2D eigenvalue weighted by Crippen LogP contribution is 2.37. The van der Waals surface area contributed by atoms with Crippen molar-refractivity contribution in [2.75, 3.05) is 26.1 Å². The quantitative estimate of drug-likeness (QED) is 0.637. The van der Waals surface area contributed by atoms with Crippen LogP contribution in [0.1, 0.15) is 15.9 Å². The molecule has 0 fully saturated rings. The number of hydrogen-bond donors (Lipinski definition) is 2. The molecule has 0 saturated heterocycles. The fourth-order valence-electron chi connectivity index (χ4n) is 2.33. The van der Waals surface area contributed by atoms with Gasteiger partial charge in [0.2, 0.25) is 0 Å². The molecule has 6 nitrogen and oxygen atoms in total. The minimum atomic E-state index is -1.01. The van der Waals surface area contributed by atoms with Crippen molar-refractivity contribution in [1.29, 1.82) is 0 Å². The molecular formula is C19H20ClNO5. The third-order valence-electron chi connectivity index (χ3n) is 3.56. The van der Waals surface area contributed by atoms with Gasteiger partial charge in [-0.25, -0.2) is 4.79 Å². The summed E-state index contributed by atoms with van der Waals surface area (Å²) in [5.41, 5.74) is 1.56. The van der Waals surface area contributed by atoms with Gasteiger partial charge >= 0.3 is 5.97 Å². The highest BCUT2D eigenvalue weighted by atomic mass is 35.5. The average Bonchev–Trinajstić information content (AvgIpc) is 2.64. The first-order chi connectivity index (χ1) is 12.5. The number of hydrogen-bond acceptors (Lipinski definition) is 5. The Kier molecular flexibility index (Phi) is 6.74. The van der Waals surface area contributed by atoms with Crippen molar-refractivity contribution in [3.63, 3.8) is 0 Å². The normalized spacial score (nSPS) is 10.1. The second-order valence-corrected chi connectivity index (χ2v) is 5.69. The van der Waals surface area contributed by atoms with E-state index in [9.17, 15) is 4.79 Å². The maximum Gasteiger partial charge on any atom is 0.335 e. The predicted molar refractivity (Wildman–Crippen MR) is 101 cm³/mol. The Labute approximate surface area is 157 Å². The van der Waals surface area contributed by atoms with E-state index in [-0.39, 0.29) is 5.56 Å². The molecule has 26 heavy (non-hydrogen) atoms. The summed E-state index contributed by atoms with van der Waals surface area (Å²) in [6, 6.07) is 8.15. The number of anilines is 1. The average molecular weight is 378 g/mol. The fourth-order valence-corrected chi connectivity index (χ4v) is 2.62. The van der Waals surface area contributed by atoms with Crippen LogP contribution in [0.2, 0.25) is 5.02 Å². The molecule has 0 aliphatic carbocycles. The zero-order valence-electron chi connectivity index (χ0n) is 14.5. The number of ether oxygens (including phenoxy) is 3. The van der Waals surface area contributed by atoms with Gasteiger partial charge in [-0.15, -0.1) is 0 Å². The Morgan fingerprint density at radius 3 is 2.58 bits per heavy atom. The standard InChI is InChI=1S/C19H20ClNO5/c1-4-7-26-18-14(20)8-12(9-17(18)25-3)11-21-15-10-13(19(22)23)5-6-16(15)24-2/h4-6,8-10,21H,1,7,11H2,2-3H3,(H,22,23). The van der Waals surface area contributed by atoms with Crippen LogP contribution in [0.3, 0.4) is 0 Å². The lowest BCUT2D eigenvalue weighted by molar-refractivity contribution is 0.0697. The second-order valence-electron chi connectivity index (χ2n) is 5.28. The first-order valence-electron chi connectivity index (χ1n) is 7.75. The Hall–Kier alpha value is -2.86. The third-order valence-corrected chi connectivity index (χ3v) is 3.84. The molecule has 0 bridgehead atoms. The highest BCUT2D eigenvalue weighted by molar-refractivity contribution is 6.32. The van der Waals surface area contributed by atoms with Gasteiger partial charge in [0.05, 0.1) is 30.5 Å². The van der Waals surface area contributed by atoms with Crippen LogP contribution >= 0.6 is 11.6 Å². The second kappa shape index (κ2) is 9.01. The van der Waals surface area contributed by atoms with Crippen LogP contribution in [-0.2, 0) is 6.54 Å². The smallest absolute Gasteiger partial charge is 0.335 e. The Bertz CT molecular complexity index is 807. The molecule has 2 aromatic rings. The molecule has 0 heterocycles. The molecule has 2 rings (SSSR count). The summed E-state index contributed by atoms with van der Waals surface area (Å²) in [5, 5.41) is 12.7. The lowest BCUT2D eigenvalue weighted by Crippen LogP contribution is -2.05. The van der Waals surface area contributed by atoms with Crippen LogP contribution in [0.25, 0.3) is 0 Å². The fraction of sp³-hybridized carbons (Fsp3) is 0.211. The third kappa shape index (κ3) is 4.61. The van der Waals surface area contributed by atoms with Crippen LogP contribution in [0.5, 0.6) is 17.2 Å². The van der Waals surface area contributed by atoms with E-state index < -0.39 is 5.97 Å². The Balaban J connectivity index is 2.24. The summed E-state index contributed by atoms with van der Waals surface area (Å²) in [7, 11) is 3.05. The highest BCUT2D eigenvalue weighted by Gasteiger charge is 2.13. The summed E-state index contributed by atoms with van der Waals surface area (Å²) < 4.78 is 16.1. The van der Waals surface area contributed by atoms with Gasteiger partial charge in [-0.3, -0.25) is 0 Å². The number of carboxylic acid groups (broad SMARTS) is 1. The van der Waals surface area contributed by atoms with Crippen molar-refractivity contribution < 1.29 is 24.1 Å². The molecule has 0 aliphatic rings. The van der Waals surface area contributed by atoms with E-state index in [0.29, 0.717) is 41.1 Å². The predicted octanol–water partition coefficient (Wildman–Crippen LogP) is 4.23. The number of benzene rings is 2. The molecule has 0 unspecified atom stereocenters. The van der Waals surface area contributed by atoms with Crippen LogP contribution in [0, 0.1) is 0 Å². The van der Waals surface area contributed by atoms with Crippen molar-refractivity contribution >= 4 is 23.3 Å². The van der Waals surface area contributed by atoms with Gasteiger partial charge in [0.25, 0.3) is 0 Å². The molecular weight excluding hydrogens is 358 g/mol. The maximum absolute atomic E-state index is 11.2. The number of carboxylic acids is 1. The Morgan fingerprint density at radius 1 is 1.23 bits per heavy atom. The van der Waals surface area contributed by atoms with E-state index in [4.69, 9.17) is 30.9 Å². The monoisotopic (exact) mass is 377 g/mol. The summed E-state index contributed by atoms with van der Waals surface area (Å²) in [6.45, 7) is 4.30. The first kappa shape index (κ1) is 19.5. The van der Waals surface area contributed by atoms with Crippen molar-refractivity contribution in [3.05, 3.63) is 59.1 Å². The molecule has 0 spiro atoms. The molecule has 0 aliphatic heterocycles. The minimum absolute atomic E-state index is 0.164. The molecule has 0 saturated carbocycles. The number of rotatable bonds is 9. The van der Waals surface area contributed by atoms with Gasteiger partial charge in [-0.05, 0) is 35.9 Å². The molecule has 2 N–H and O–H groups in total. The van der Waals surface area contributed by atoms with Crippen LogP contribution in [0.15, 0.2) is 43.0 Å². The van der Waals surface area contributed by atoms with Crippen LogP contribution in [0.4, 0.5) is 5.69 Å². The van der Waals surface area contributed by atoms with E-state index >= 15 is 0 Å². The Morgan fingerprint density at radius 2 is 1.96 bits per heavy atom. The zero-order chi connectivity index (χ0) is 19.1. The SMILES string of the molecule is C=CCOc1c(Cl)cc(CNc2cc(C(=O)O)ccc2OC)cc1OC. The van der Waals surface area contributed by atoms with Gasteiger partial charge in [0, 0.05) is 6.54 Å². The van der Waals surface area contributed by atoms with Crippen LogP contribution < -0.4 is 19.5 Å². The first-order valence-corrected chi connectivity index (χ1v) is 8.13. The molecule has 138 valence electrons. The summed E-state index contributed by atoms with van der Waals surface area (Å²) >= 11 is 6.29. The van der Waals surface area contributed by atoms with Crippen LogP contribution in [-0.4, -0.2) is 31.9 Å².